The van der Waals surface area contributed by atoms with Crippen LogP contribution in [-0.2, 0) is 9.59 Å². The highest BCUT2D eigenvalue weighted by Gasteiger charge is 2.72. The number of carboxylic acid groups (broad SMARTS) is 1. The minimum atomic E-state index is -0.547. The molecule has 0 radical (unpaired) electrons. The molecular weight excluding hydrogens is 408 g/mol. The fraction of sp³-hybridized carbons (Fsp3) is 0.867. The van der Waals surface area contributed by atoms with Crippen LogP contribution in [0.2, 0.25) is 0 Å². The molecule has 0 aromatic rings. The molecule has 0 bridgehead atoms. The molecule has 3 nitrogen and oxygen atoms in total. The Kier molecular flexibility index (Phi) is 4.99. The summed E-state index contributed by atoms with van der Waals surface area (Å²) in [5.41, 5.74) is 1.03. The number of allylic oxidation sites excluding steroid dienone is 1. The van der Waals surface area contributed by atoms with Crippen molar-refractivity contribution in [1.82, 2.24) is 0 Å². The number of aliphatic carboxylic acids is 1. The van der Waals surface area contributed by atoms with Crippen molar-refractivity contribution < 1.29 is 14.7 Å². The number of rotatable bonds is 2. The molecule has 1 N–H and O–H groups in total. The van der Waals surface area contributed by atoms with Gasteiger partial charge in [-0.1, -0.05) is 46.8 Å². The highest BCUT2D eigenvalue weighted by molar-refractivity contribution is 5.85. The lowest BCUT2D eigenvalue weighted by molar-refractivity contribution is -0.235. The molecule has 5 saturated carbocycles. The van der Waals surface area contributed by atoms with Gasteiger partial charge in [-0.3, -0.25) is 9.59 Å². The number of carbonyl (C=O) groups excluding carboxylic acids is 1. The van der Waals surface area contributed by atoms with E-state index in [0.29, 0.717) is 29.5 Å². The molecule has 33 heavy (non-hydrogen) atoms. The van der Waals surface area contributed by atoms with Crippen LogP contribution in [0.1, 0.15) is 106 Å². The fourth-order valence-corrected chi connectivity index (χ4v) is 11.3. The summed E-state index contributed by atoms with van der Waals surface area (Å²) in [4.78, 5) is 25.7. The predicted octanol–water partition coefficient (Wildman–Crippen LogP) is 7.30. The third-order valence-electron chi connectivity index (χ3n) is 13.2. The molecule has 5 aliphatic carbocycles. The summed E-state index contributed by atoms with van der Waals surface area (Å²) in [7, 11) is 0. The van der Waals surface area contributed by atoms with Gasteiger partial charge in [-0.2, -0.15) is 0 Å². The van der Waals surface area contributed by atoms with Crippen LogP contribution in [0.5, 0.6) is 0 Å². The Hall–Kier alpha value is -1.12. The smallest absolute Gasteiger partial charge is 0.309 e. The van der Waals surface area contributed by atoms with Gasteiger partial charge in [-0.05, 0) is 111 Å². The van der Waals surface area contributed by atoms with E-state index in [4.69, 9.17) is 0 Å². The molecule has 0 amide bonds. The summed E-state index contributed by atoms with van der Waals surface area (Å²) in [6.45, 7) is 18.5. The molecule has 0 aromatic heterocycles. The Labute approximate surface area is 201 Å². The Morgan fingerprint density at radius 1 is 0.879 bits per heavy atom. The van der Waals surface area contributed by atoms with Crippen LogP contribution < -0.4 is 0 Å². The van der Waals surface area contributed by atoms with E-state index in [0.717, 1.165) is 51.4 Å². The molecular formula is C30H46O3. The van der Waals surface area contributed by atoms with Crippen LogP contribution >= 0.6 is 0 Å². The van der Waals surface area contributed by atoms with E-state index in [1.54, 1.807) is 0 Å². The average molecular weight is 455 g/mol. The molecule has 8 unspecified atom stereocenters. The number of Topliss-reactive ketones (excluding diaryl/α,β-unsaturated/α-hetero) is 1. The number of fused-ring (bicyclic) bond motifs is 7. The van der Waals surface area contributed by atoms with Crippen LogP contribution in [0, 0.1) is 56.7 Å². The molecule has 3 heteroatoms. The monoisotopic (exact) mass is 454 g/mol. The summed E-state index contributed by atoms with van der Waals surface area (Å²) in [6.07, 6.45) is 10.1. The van der Waals surface area contributed by atoms with Crippen LogP contribution in [0.4, 0.5) is 0 Å². The van der Waals surface area contributed by atoms with Crippen molar-refractivity contribution in [2.45, 2.75) is 106 Å². The van der Waals surface area contributed by atoms with E-state index in [2.05, 4.69) is 48.1 Å². The van der Waals surface area contributed by atoms with Crippen molar-refractivity contribution in [2.75, 3.05) is 0 Å². The molecule has 0 saturated heterocycles. The third kappa shape index (κ3) is 2.69. The van der Waals surface area contributed by atoms with Gasteiger partial charge in [0.25, 0.3) is 0 Å². The highest BCUT2D eigenvalue weighted by atomic mass is 16.4. The zero-order chi connectivity index (χ0) is 24.2. The Morgan fingerprint density at radius 3 is 2.21 bits per heavy atom. The number of carbonyl (C=O) groups is 2. The van der Waals surface area contributed by atoms with Crippen LogP contribution in [-0.4, -0.2) is 16.9 Å². The molecule has 0 aromatic carbocycles. The van der Waals surface area contributed by atoms with Crippen LogP contribution in [0.25, 0.3) is 0 Å². The first kappa shape index (κ1) is 23.6. The summed E-state index contributed by atoms with van der Waals surface area (Å²) in [5.74, 6) is 2.07. The van der Waals surface area contributed by atoms with Gasteiger partial charge in [0.05, 0.1) is 5.41 Å². The quantitative estimate of drug-likeness (QED) is 0.445. The number of hydrogen-bond acceptors (Lipinski definition) is 2. The topological polar surface area (TPSA) is 54.4 Å². The van der Waals surface area contributed by atoms with Gasteiger partial charge in [-0.25, -0.2) is 0 Å². The molecule has 5 aliphatic rings. The first-order chi connectivity index (χ1) is 15.3. The largest absolute Gasteiger partial charge is 0.481 e. The van der Waals surface area contributed by atoms with E-state index in [9.17, 15) is 14.7 Å². The lowest BCUT2D eigenvalue weighted by Crippen LogP contribution is -2.66. The Balaban J connectivity index is 1.57. The van der Waals surface area contributed by atoms with Gasteiger partial charge in [-0.15, -0.1) is 0 Å². The molecule has 0 aliphatic heterocycles. The second kappa shape index (κ2) is 6.97. The maximum absolute atomic E-state index is 12.9. The standard InChI is InChI=1S/C30H46O3/c1-18(2)19-10-15-30(25(32)33)17-16-28(6)20(24(19)30)8-9-22-27(5)13-12-23(31)26(3,4)21(27)11-14-29(22,28)7/h19-22,24H,1,8-17H2,2-7H3,(H,32,33)/t19?,20?,21?,22?,24?,27?,28-,29?,30?/m1/s1. The zero-order valence-electron chi connectivity index (χ0n) is 21.9. The van der Waals surface area contributed by atoms with Crippen molar-refractivity contribution in [3.05, 3.63) is 12.2 Å². The molecule has 5 fully saturated rings. The second-order valence-electron chi connectivity index (χ2n) is 14.3. The van der Waals surface area contributed by atoms with Crippen molar-refractivity contribution in [1.29, 1.82) is 0 Å². The molecule has 5 rings (SSSR count). The first-order valence-corrected chi connectivity index (χ1v) is 13.7. The number of hydrogen-bond donors (Lipinski definition) is 1. The van der Waals surface area contributed by atoms with E-state index >= 15 is 0 Å². The van der Waals surface area contributed by atoms with Gasteiger partial charge in [0, 0.05) is 11.8 Å². The minimum absolute atomic E-state index is 0.164. The van der Waals surface area contributed by atoms with Crippen molar-refractivity contribution in [3.63, 3.8) is 0 Å². The molecule has 0 spiro atoms. The van der Waals surface area contributed by atoms with E-state index in [1.807, 2.05) is 0 Å². The summed E-state index contributed by atoms with van der Waals surface area (Å²) < 4.78 is 0. The van der Waals surface area contributed by atoms with Gasteiger partial charge < -0.3 is 5.11 Å². The Bertz CT molecular complexity index is 902. The summed E-state index contributed by atoms with van der Waals surface area (Å²) >= 11 is 0. The van der Waals surface area contributed by atoms with Crippen molar-refractivity contribution >= 4 is 11.8 Å². The maximum atomic E-state index is 12.9. The van der Waals surface area contributed by atoms with Gasteiger partial charge in [0.15, 0.2) is 0 Å². The normalized spacial score (nSPS) is 52.8. The van der Waals surface area contributed by atoms with Crippen LogP contribution in [0.3, 0.4) is 0 Å². The lowest BCUT2D eigenvalue weighted by atomic mass is 9.32. The van der Waals surface area contributed by atoms with E-state index < -0.39 is 11.4 Å². The zero-order valence-corrected chi connectivity index (χ0v) is 21.9. The molecule has 184 valence electrons. The summed E-state index contributed by atoms with van der Waals surface area (Å²) in [5, 5.41) is 10.5. The molecule has 0 heterocycles. The minimum Gasteiger partial charge on any atom is -0.481 e. The predicted molar refractivity (Wildman–Crippen MR) is 132 cm³/mol. The second-order valence-corrected chi connectivity index (χ2v) is 14.3. The van der Waals surface area contributed by atoms with E-state index in [-0.39, 0.29) is 27.6 Å². The van der Waals surface area contributed by atoms with Crippen molar-refractivity contribution in [3.8, 4) is 0 Å². The fourth-order valence-electron chi connectivity index (χ4n) is 11.3. The number of ketones is 1. The molecule has 9 atom stereocenters. The third-order valence-corrected chi connectivity index (χ3v) is 13.2. The Morgan fingerprint density at radius 2 is 1.58 bits per heavy atom. The highest BCUT2D eigenvalue weighted by Crippen LogP contribution is 2.77. The average Bonchev–Trinajstić information content (AvgIpc) is 3.13. The van der Waals surface area contributed by atoms with Gasteiger partial charge in [0.1, 0.15) is 5.78 Å². The van der Waals surface area contributed by atoms with Crippen LogP contribution in [0.15, 0.2) is 12.2 Å². The number of carboxylic acids is 1. The maximum Gasteiger partial charge on any atom is 0.309 e. The summed E-state index contributed by atoms with van der Waals surface area (Å²) in [6, 6.07) is 0. The van der Waals surface area contributed by atoms with Gasteiger partial charge in [0.2, 0.25) is 0 Å². The lowest BCUT2D eigenvalue weighted by Gasteiger charge is -2.72. The van der Waals surface area contributed by atoms with Gasteiger partial charge >= 0.3 is 5.97 Å². The first-order valence-electron chi connectivity index (χ1n) is 13.7. The SMILES string of the molecule is C=C(C)C1CCC2(C(=O)O)CC[C@]3(C)C(CCC4C5(C)CCC(=O)C(C)(C)C5CCC43C)C12. The van der Waals surface area contributed by atoms with E-state index in [1.165, 1.54) is 18.4 Å². The van der Waals surface area contributed by atoms with Crippen molar-refractivity contribution in [2.24, 2.45) is 56.7 Å².